The van der Waals surface area contributed by atoms with Crippen molar-refractivity contribution in [3.05, 3.63) is 51.7 Å². The Morgan fingerprint density at radius 2 is 2.16 bits per heavy atom. The second-order valence-electron chi connectivity index (χ2n) is 3.81. The number of rotatable bonds is 3. The monoisotopic (exact) mass is 263 g/mol. The number of nitro benzene ring substituents is 1. The minimum absolute atomic E-state index is 0.129. The van der Waals surface area contributed by atoms with Crippen molar-refractivity contribution < 1.29 is 19.6 Å². The average molecular weight is 263 g/mol. The van der Waals surface area contributed by atoms with E-state index in [-0.39, 0.29) is 11.4 Å². The Balaban J connectivity index is 2.38. The number of nitrogens with one attached hydrogen (secondary N) is 2. The van der Waals surface area contributed by atoms with Gasteiger partial charge in [-0.15, -0.1) is 0 Å². The summed E-state index contributed by atoms with van der Waals surface area (Å²) >= 11 is 0. The van der Waals surface area contributed by atoms with Crippen molar-refractivity contribution in [1.82, 2.24) is 10.6 Å². The van der Waals surface area contributed by atoms with E-state index in [1.54, 1.807) is 6.07 Å². The van der Waals surface area contributed by atoms with E-state index in [0.29, 0.717) is 5.56 Å². The highest BCUT2D eigenvalue weighted by molar-refractivity contribution is 5.93. The normalized spacial score (nSPS) is 18.0. The first-order valence-electron chi connectivity index (χ1n) is 5.24. The fraction of sp³-hybridized carbons (Fsp3) is 0.0909. The highest BCUT2D eigenvalue weighted by Crippen LogP contribution is 2.22. The molecule has 3 N–H and O–H groups in total. The zero-order valence-electron chi connectivity index (χ0n) is 9.49. The predicted molar refractivity (Wildman–Crippen MR) is 63.2 cm³/mol. The van der Waals surface area contributed by atoms with Gasteiger partial charge in [-0.1, -0.05) is 12.1 Å². The smallest absolute Gasteiger partial charge is 0.352 e. The number of carbonyl (C=O) groups excluding carboxylic acids is 1. The summed E-state index contributed by atoms with van der Waals surface area (Å²) in [5, 5.41) is 24.1. The van der Waals surface area contributed by atoms with Crippen molar-refractivity contribution >= 4 is 17.7 Å². The molecule has 1 aromatic rings. The number of urea groups is 1. The highest BCUT2D eigenvalue weighted by Gasteiger charge is 2.24. The van der Waals surface area contributed by atoms with E-state index in [1.807, 2.05) is 0 Å². The van der Waals surface area contributed by atoms with Crippen LogP contribution >= 0.6 is 0 Å². The highest BCUT2D eigenvalue weighted by atomic mass is 16.6. The summed E-state index contributed by atoms with van der Waals surface area (Å²) in [4.78, 5) is 32.3. The molecule has 0 spiro atoms. The maximum absolute atomic E-state index is 11.3. The molecule has 0 radical (unpaired) electrons. The van der Waals surface area contributed by atoms with Crippen LogP contribution in [0.1, 0.15) is 11.6 Å². The third-order valence-corrected chi connectivity index (χ3v) is 2.54. The van der Waals surface area contributed by atoms with E-state index in [4.69, 9.17) is 5.11 Å². The standard InChI is InChI=1S/C11H9N3O5/c15-10(16)9-5-8(12-11(17)13-9)6-2-1-3-7(4-6)14(18)19/h1-5,8H,(H,15,16)(H2,12,13,17)/t8-/m0/s1. The molecule has 2 amide bonds. The minimum atomic E-state index is -1.27. The first-order chi connectivity index (χ1) is 8.97. The molecule has 8 nitrogen and oxygen atoms in total. The van der Waals surface area contributed by atoms with Gasteiger partial charge in [0.2, 0.25) is 0 Å². The molecular formula is C11H9N3O5. The second kappa shape index (κ2) is 4.77. The number of nitrogens with zero attached hydrogens (tertiary/aromatic N) is 1. The van der Waals surface area contributed by atoms with Crippen molar-refractivity contribution in [2.45, 2.75) is 6.04 Å². The molecule has 0 saturated heterocycles. The maximum atomic E-state index is 11.3. The molecule has 98 valence electrons. The van der Waals surface area contributed by atoms with E-state index in [9.17, 15) is 19.7 Å². The summed E-state index contributed by atoms with van der Waals surface area (Å²) < 4.78 is 0. The van der Waals surface area contributed by atoms with Gasteiger partial charge in [0.1, 0.15) is 5.70 Å². The van der Waals surface area contributed by atoms with Crippen molar-refractivity contribution in [2.75, 3.05) is 0 Å². The topological polar surface area (TPSA) is 122 Å². The molecule has 0 fully saturated rings. The van der Waals surface area contributed by atoms with Gasteiger partial charge in [-0.25, -0.2) is 9.59 Å². The van der Waals surface area contributed by atoms with Crippen LogP contribution in [0.2, 0.25) is 0 Å². The zero-order valence-corrected chi connectivity index (χ0v) is 9.49. The number of non-ortho nitro benzene ring substituents is 1. The van der Waals surface area contributed by atoms with Gasteiger partial charge in [-0.05, 0) is 11.6 Å². The maximum Gasteiger partial charge on any atom is 0.352 e. The number of carbonyl (C=O) groups is 2. The summed E-state index contributed by atoms with van der Waals surface area (Å²) in [5.74, 6) is -1.27. The van der Waals surface area contributed by atoms with Crippen LogP contribution in [0.15, 0.2) is 36.0 Å². The summed E-state index contributed by atoms with van der Waals surface area (Å²) in [6, 6.07) is 4.24. The van der Waals surface area contributed by atoms with Crippen LogP contribution < -0.4 is 10.6 Å². The fourth-order valence-electron chi connectivity index (χ4n) is 1.69. The van der Waals surface area contributed by atoms with Crippen LogP contribution in [0, 0.1) is 10.1 Å². The molecule has 0 unspecified atom stereocenters. The van der Waals surface area contributed by atoms with Gasteiger partial charge >= 0.3 is 12.0 Å². The zero-order chi connectivity index (χ0) is 14.0. The van der Waals surface area contributed by atoms with Crippen LogP contribution in [0.5, 0.6) is 0 Å². The third kappa shape index (κ3) is 2.68. The van der Waals surface area contributed by atoms with Crippen LogP contribution in [0.3, 0.4) is 0 Å². The number of benzene rings is 1. The molecule has 0 aliphatic carbocycles. The van der Waals surface area contributed by atoms with Gasteiger partial charge in [-0.3, -0.25) is 10.1 Å². The Kier molecular flexibility index (Phi) is 3.15. The van der Waals surface area contributed by atoms with E-state index < -0.39 is 23.0 Å². The number of nitro groups is 1. The lowest BCUT2D eigenvalue weighted by Crippen LogP contribution is -2.43. The molecule has 0 aromatic heterocycles. The van der Waals surface area contributed by atoms with Crippen molar-refractivity contribution in [3.63, 3.8) is 0 Å². The Hall–Kier alpha value is -2.90. The number of amides is 2. The molecule has 19 heavy (non-hydrogen) atoms. The molecular weight excluding hydrogens is 254 g/mol. The fourth-order valence-corrected chi connectivity index (χ4v) is 1.69. The average Bonchev–Trinajstić information content (AvgIpc) is 2.38. The van der Waals surface area contributed by atoms with E-state index in [0.717, 1.165) is 0 Å². The summed E-state index contributed by atoms with van der Waals surface area (Å²) in [5.41, 5.74) is 0.0404. The Labute approximate surface area is 106 Å². The number of hydrogen-bond donors (Lipinski definition) is 3. The quantitative estimate of drug-likeness (QED) is 0.552. The molecule has 2 rings (SSSR count). The largest absolute Gasteiger partial charge is 0.477 e. The lowest BCUT2D eigenvalue weighted by Gasteiger charge is -2.21. The van der Waals surface area contributed by atoms with E-state index in [1.165, 1.54) is 24.3 Å². The minimum Gasteiger partial charge on any atom is -0.477 e. The summed E-state index contributed by atoms with van der Waals surface area (Å²) in [6.45, 7) is 0. The molecule has 1 aliphatic rings. The Morgan fingerprint density at radius 3 is 2.79 bits per heavy atom. The number of carboxylic acids is 1. The van der Waals surface area contributed by atoms with E-state index >= 15 is 0 Å². The SMILES string of the molecule is O=C1NC(C(=O)O)=C[C@@H](c2cccc([N+](=O)[O-])c2)N1. The lowest BCUT2D eigenvalue weighted by molar-refractivity contribution is -0.384. The van der Waals surface area contributed by atoms with Crippen LogP contribution in [-0.2, 0) is 4.79 Å². The lowest BCUT2D eigenvalue weighted by atomic mass is 10.0. The van der Waals surface area contributed by atoms with Crippen LogP contribution in [-0.4, -0.2) is 22.0 Å². The third-order valence-electron chi connectivity index (χ3n) is 2.54. The van der Waals surface area contributed by atoms with E-state index in [2.05, 4.69) is 10.6 Å². The van der Waals surface area contributed by atoms with Gasteiger partial charge in [0, 0.05) is 12.1 Å². The Morgan fingerprint density at radius 1 is 1.42 bits per heavy atom. The number of carboxylic acid groups (broad SMARTS) is 1. The van der Waals surface area contributed by atoms with Crippen molar-refractivity contribution in [2.24, 2.45) is 0 Å². The predicted octanol–water partition coefficient (Wildman–Crippen LogP) is 0.917. The molecule has 1 aliphatic heterocycles. The van der Waals surface area contributed by atoms with Crippen molar-refractivity contribution in [3.8, 4) is 0 Å². The summed E-state index contributed by atoms with van der Waals surface area (Å²) in [7, 11) is 0. The molecule has 1 heterocycles. The van der Waals surface area contributed by atoms with Crippen LogP contribution in [0.25, 0.3) is 0 Å². The van der Waals surface area contributed by atoms with Gasteiger partial charge < -0.3 is 15.7 Å². The van der Waals surface area contributed by atoms with Crippen LogP contribution in [0.4, 0.5) is 10.5 Å². The Bertz CT molecular complexity index is 596. The second-order valence-corrected chi connectivity index (χ2v) is 3.81. The summed E-state index contributed by atoms with van der Waals surface area (Å²) in [6.07, 6.45) is 1.28. The number of aliphatic carboxylic acids is 1. The van der Waals surface area contributed by atoms with Gasteiger partial charge in [-0.2, -0.15) is 0 Å². The number of hydrogen-bond acceptors (Lipinski definition) is 4. The van der Waals surface area contributed by atoms with Gasteiger partial charge in [0.05, 0.1) is 11.0 Å². The first kappa shape index (κ1) is 12.6. The van der Waals surface area contributed by atoms with Crippen molar-refractivity contribution in [1.29, 1.82) is 0 Å². The molecule has 0 bridgehead atoms. The van der Waals surface area contributed by atoms with Gasteiger partial charge in [0.25, 0.3) is 5.69 Å². The molecule has 1 atom stereocenters. The first-order valence-corrected chi connectivity index (χ1v) is 5.24. The molecule has 0 saturated carbocycles. The molecule has 8 heteroatoms. The van der Waals surface area contributed by atoms with Gasteiger partial charge in [0.15, 0.2) is 0 Å². The molecule has 1 aromatic carbocycles.